The molecular formula is C20H25N3O3. The van der Waals surface area contributed by atoms with Crippen molar-refractivity contribution in [1.29, 1.82) is 0 Å². The zero-order valence-corrected chi connectivity index (χ0v) is 15.5. The van der Waals surface area contributed by atoms with Crippen molar-refractivity contribution >= 4 is 11.0 Å². The molecule has 0 aliphatic heterocycles. The maximum atomic E-state index is 11.7. The largest absolute Gasteiger partial charge is 0.492 e. The molecule has 0 amide bonds. The summed E-state index contributed by atoms with van der Waals surface area (Å²) in [7, 11) is 0. The number of nitrogens with one attached hydrogen (secondary N) is 1. The van der Waals surface area contributed by atoms with Crippen LogP contribution in [-0.2, 0) is 19.5 Å². The molecule has 26 heavy (non-hydrogen) atoms. The lowest BCUT2D eigenvalue weighted by molar-refractivity contribution is 0.272. The molecular weight excluding hydrogens is 330 g/mol. The molecule has 0 aliphatic carbocycles. The van der Waals surface area contributed by atoms with E-state index in [1.807, 2.05) is 36.1 Å². The number of ether oxygens (including phenoxy) is 1. The van der Waals surface area contributed by atoms with Gasteiger partial charge < -0.3 is 19.0 Å². The normalized spacial score (nSPS) is 12.4. The van der Waals surface area contributed by atoms with E-state index in [1.54, 1.807) is 12.1 Å². The van der Waals surface area contributed by atoms with Gasteiger partial charge in [-0.2, -0.15) is 0 Å². The Balaban J connectivity index is 1.59. The number of rotatable bonds is 8. The van der Waals surface area contributed by atoms with Crippen LogP contribution in [0.4, 0.5) is 0 Å². The van der Waals surface area contributed by atoms with Crippen molar-refractivity contribution in [2.45, 2.75) is 46.3 Å². The molecule has 2 aromatic heterocycles. The molecule has 0 aliphatic rings. The van der Waals surface area contributed by atoms with E-state index in [4.69, 9.17) is 9.15 Å². The molecule has 6 heteroatoms. The van der Waals surface area contributed by atoms with Crippen molar-refractivity contribution < 1.29 is 9.15 Å². The summed E-state index contributed by atoms with van der Waals surface area (Å²) in [5.41, 5.74) is 2.24. The van der Waals surface area contributed by atoms with Gasteiger partial charge in [0.1, 0.15) is 17.9 Å². The standard InChI is InChI=1S/C20H25N3O3/c1-4-15-8-20(24)26-19-9-17(6-7-18(15)19)25-12-14(3)21-10-16-11-23(5-2)13-22-16/h6-9,11,13-14,21H,4-5,10,12H2,1-3H3. The Labute approximate surface area is 152 Å². The van der Waals surface area contributed by atoms with Crippen LogP contribution >= 0.6 is 0 Å². The summed E-state index contributed by atoms with van der Waals surface area (Å²) in [4.78, 5) is 16.0. The third-order valence-corrected chi connectivity index (χ3v) is 4.37. The van der Waals surface area contributed by atoms with Gasteiger partial charge in [-0.05, 0) is 38.0 Å². The molecule has 6 nitrogen and oxygen atoms in total. The smallest absolute Gasteiger partial charge is 0.336 e. The first-order valence-electron chi connectivity index (χ1n) is 9.02. The first kappa shape index (κ1) is 18.2. The molecule has 0 fully saturated rings. The third kappa shape index (κ3) is 4.32. The molecule has 2 heterocycles. The molecule has 1 atom stereocenters. The molecule has 0 spiro atoms. The minimum atomic E-state index is -0.326. The molecule has 138 valence electrons. The van der Waals surface area contributed by atoms with Crippen molar-refractivity contribution in [2.75, 3.05) is 6.61 Å². The second-order valence-electron chi connectivity index (χ2n) is 6.39. The zero-order valence-electron chi connectivity index (χ0n) is 15.5. The topological polar surface area (TPSA) is 69.3 Å². The molecule has 1 aromatic carbocycles. The highest BCUT2D eigenvalue weighted by atomic mass is 16.5. The summed E-state index contributed by atoms with van der Waals surface area (Å²) in [6.45, 7) is 8.30. The van der Waals surface area contributed by atoms with Gasteiger partial charge in [-0.1, -0.05) is 6.92 Å². The van der Waals surface area contributed by atoms with Crippen molar-refractivity contribution in [3.05, 3.63) is 58.5 Å². The average molecular weight is 355 g/mol. The van der Waals surface area contributed by atoms with Gasteiger partial charge in [-0.3, -0.25) is 0 Å². The number of benzene rings is 1. The van der Waals surface area contributed by atoms with Crippen molar-refractivity contribution in [1.82, 2.24) is 14.9 Å². The van der Waals surface area contributed by atoms with Gasteiger partial charge in [0.15, 0.2) is 0 Å². The quantitative estimate of drug-likeness (QED) is 0.629. The Morgan fingerprint density at radius 3 is 2.88 bits per heavy atom. The Bertz CT molecular complexity index is 929. The summed E-state index contributed by atoms with van der Waals surface area (Å²) in [5.74, 6) is 0.692. The Kier molecular flexibility index (Phi) is 5.73. The first-order chi connectivity index (χ1) is 12.6. The van der Waals surface area contributed by atoms with Crippen molar-refractivity contribution in [2.24, 2.45) is 0 Å². The highest BCUT2D eigenvalue weighted by molar-refractivity contribution is 5.81. The summed E-state index contributed by atoms with van der Waals surface area (Å²) in [6, 6.07) is 7.35. The summed E-state index contributed by atoms with van der Waals surface area (Å²) >= 11 is 0. The van der Waals surface area contributed by atoms with Gasteiger partial charge in [-0.15, -0.1) is 0 Å². The van der Waals surface area contributed by atoms with Crippen LogP contribution in [0.15, 0.2) is 46.0 Å². The summed E-state index contributed by atoms with van der Waals surface area (Å²) in [6.07, 6.45) is 4.67. The van der Waals surface area contributed by atoms with Gasteiger partial charge in [0.05, 0.1) is 12.0 Å². The van der Waals surface area contributed by atoms with Crippen LogP contribution < -0.4 is 15.7 Å². The van der Waals surface area contributed by atoms with Crippen LogP contribution in [0.25, 0.3) is 11.0 Å². The fourth-order valence-corrected chi connectivity index (χ4v) is 2.82. The van der Waals surface area contributed by atoms with E-state index >= 15 is 0 Å². The maximum absolute atomic E-state index is 11.7. The van der Waals surface area contributed by atoms with Gasteiger partial charge in [0.25, 0.3) is 0 Å². The lowest BCUT2D eigenvalue weighted by atomic mass is 10.1. The summed E-state index contributed by atoms with van der Waals surface area (Å²) in [5, 5.41) is 4.35. The Morgan fingerprint density at radius 2 is 2.15 bits per heavy atom. The fourth-order valence-electron chi connectivity index (χ4n) is 2.82. The minimum Gasteiger partial charge on any atom is -0.492 e. The SMILES string of the molecule is CCc1cc(=O)oc2cc(OCC(C)NCc3cn(CC)cn3)ccc12. The number of hydrogen-bond donors (Lipinski definition) is 1. The lowest BCUT2D eigenvalue weighted by Crippen LogP contribution is -2.31. The number of nitrogens with zero attached hydrogens (tertiary/aromatic N) is 2. The molecule has 0 radical (unpaired) electrons. The molecule has 0 bridgehead atoms. The lowest BCUT2D eigenvalue weighted by Gasteiger charge is -2.14. The minimum absolute atomic E-state index is 0.159. The predicted molar refractivity (Wildman–Crippen MR) is 102 cm³/mol. The molecule has 0 saturated carbocycles. The highest BCUT2D eigenvalue weighted by Crippen LogP contribution is 2.23. The van der Waals surface area contributed by atoms with Crippen LogP contribution in [0, 0.1) is 0 Å². The van der Waals surface area contributed by atoms with E-state index in [9.17, 15) is 4.79 Å². The number of aromatic nitrogens is 2. The van der Waals surface area contributed by atoms with E-state index in [1.165, 1.54) is 0 Å². The third-order valence-electron chi connectivity index (χ3n) is 4.37. The molecule has 0 saturated heterocycles. The zero-order chi connectivity index (χ0) is 18.5. The second kappa shape index (κ2) is 8.19. The first-order valence-corrected chi connectivity index (χ1v) is 9.02. The number of imidazole rings is 1. The highest BCUT2D eigenvalue weighted by Gasteiger charge is 2.08. The molecule has 3 aromatic rings. The van der Waals surface area contributed by atoms with Crippen molar-refractivity contribution in [3.63, 3.8) is 0 Å². The molecule has 1 unspecified atom stereocenters. The second-order valence-corrected chi connectivity index (χ2v) is 6.39. The summed E-state index contributed by atoms with van der Waals surface area (Å²) < 4.78 is 13.2. The fraction of sp³-hybridized carbons (Fsp3) is 0.400. The van der Waals surface area contributed by atoms with Crippen molar-refractivity contribution in [3.8, 4) is 5.75 Å². The van der Waals surface area contributed by atoms with Crippen LogP contribution in [-0.4, -0.2) is 22.2 Å². The van der Waals surface area contributed by atoms with E-state index in [0.717, 1.165) is 29.6 Å². The number of aryl methyl sites for hydroxylation is 2. The van der Waals surface area contributed by atoms with E-state index in [0.29, 0.717) is 24.5 Å². The number of fused-ring (bicyclic) bond motifs is 1. The van der Waals surface area contributed by atoms with Gasteiger partial charge in [0.2, 0.25) is 0 Å². The van der Waals surface area contributed by atoms with Gasteiger partial charge in [-0.25, -0.2) is 9.78 Å². The monoisotopic (exact) mass is 355 g/mol. The average Bonchev–Trinajstić information content (AvgIpc) is 3.11. The van der Waals surface area contributed by atoms with Gasteiger partial charge >= 0.3 is 5.63 Å². The van der Waals surface area contributed by atoms with Gasteiger partial charge in [0, 0.05) is 42.8 Å². The van der Waals surface area contributed by atoms with Crippen LogP contribution in [0.2, 0.25) is 0 Å². The molecule has 3 rings (SSSR count). The Morgan fingerprint density at radius 1 is 1.31 bits per heavy atom. The number of hydrogen-bond acceptors (Lipinski definition) is 5. The van der Waals surface area contributed by atoms with Crippen LogP contribution in [0.3, 0.4) is 0 Å². The van der Waals surface area contributed by atoms with E-state index < -0.39 is 0 Å². The van der Waals surface area contributed by atoms with Crippen LogP contribution in [0.1, 0.15) is 32.0 Å². The predicted octanol–water partition coefficient (Wildman–Crippen LogP) is 3.13. The van der Waals surface area contributed by atoms with Crippen LogP contribution in [0.5, 0.6) is 5.75 Å². The van der Waals surface area contributed by atoms with E-state index in [2.05, 4.69) is 24.1 Å². The Hall–Kier alpha value is -2.60. The maximum Gasteiger partial charge on any atom is 0.336 e. The molecule has 1 N–H and O–H groups in total. The van der Waals surface area contributed by atoms with E-state index in [-0.39, 0.29) is 11.7 Å².